The maximum absolute atomic E-state index is 14.8. The lowest BCUT2D eigenvalue weighted by molar-refractivity contribution is 0.187. The third kappa shape index (κ3) is 6.33. The fraction of sp³-hybridized carbons (Fsp3) is 0.400. The first-order valence-corrected chi connectivity index (χ1v) is 12.9. The Balaban J connectivity index is 1.37. The highest BCUT2D eigenvalue weighted by molar-refractivity contribution is 5.65. The number of hydrogen-bond acceptors (Lipinski definition) is 1. The van der Waals surface area contributed by atoms with Gasteiger partial charge in [0.15, 0.2) is 34.8 Å². The van der Waals surface area contributed by atoms with E-state index in [1.54, 1.807) is 0 Å². The Kier molecular flexibility index (Phi) is 9.00. The molecule has 1 nitrogen and oxygen atoms in total. The van der Waals surface area contributed by atoms with Gasteiger partial charge in [-0.25, -0.2) is 30.7 Å². The van der Waals surface area contributed by atoms with Crippen LogP contribution in [0.15, 0.2) is 36.4 Å². The van der Waals surface area contributed by atoms with Crippen LogP contribution in [0, 0.1) is 46.6 Å². The second-order valence-electron chi connectivity index (χ2n) is 9.99. The molecule has 4 rings (SSSR count). The van der Waals surface area contributed by atoms with E-state index in [0.717, 1.165) is 31.4 Å². The molecule has 0 heterocycles. The van der Waals surface area contributed by atoms with Crippen molar-refractivity contribution >= 4 is 0 Å². The van der Waals surface area contributed by atoms with Gasteiger partial charge in [0.25, 0.3) is 0 Å². The summed E-state index contributed by atoms with van der Waals surface area (Å²) in [6.45, 7) is 2.18. The number of aryl methyl sites for hydroxylation is 1. The molecule has 3 aromatic rings. The van der Waals surface area contributed by atoms with Crippen molar-refractivity contribution in [2.75, 3.05) is 6.61 Å². The first-order valence-electron chi connectivity index (χ1n) is 12.9. The van der Waals surface area contributed by atoms with E-state index in [1.165, 1.54) is 12.1 Å². The third-order valence-corrected chi connectivity index (χ3v) is 7.25. The summed E-state index contributed by atoms with van der Waals surface area (Å²) in [6.07, 6.45) is 5.87. The number of unbranched alkanes of at least 4 members (excludes halogenated alkanes) is 2. The van der Waals surface area contributed by atoms with E-state index >= 15 is 0 Å². The zero-order valence-electron chi connectivity index (χ0n) is 21.0. The smallest absolute Gasteiger partial charge is 0.194 e. The van der Waals surface area contributed by atoms with Gasteiger partial charge in [-0.3, -0.25) is 0 Å². The largest absolute Gasteiger partial charge is 0.487 e. The van der Waals surface area contributed by atoms with Crippen molar-refractivity contribution in [1.29, 1.82) is 0 Å². The molecule has 0 aromatic heterocycles. The third-order valence-electron chi connectivity index (χ3n) is 7.25. The van der Waals surface area contributed by atoms with Crippen molar-refractivity contribution in [3.63, 3.8) is 0 Å². The summed E-state index contributed by atoms with van der Waals surface area (Å²) in [5.74, 6) is -8.77. The molecule has 1 saturated carbocycles. The van der Waals surface area contributed by atoms with Crippen LogP contribution in [0.4, 0.5) is 30.7 Å². The first-order chi connectivity index (χ1) is 18.2. The number of ether oxygens (including phenoxy) is 1. The highest BCUT2D eigenvalue weighted by Crippen LogP contribution is 2.39. The molecule has 0 amide bonds. The predicted molar refractivity (Wildman–Crippen MR) is 131 cm³/mol. The normalized spacial score (nSPS) is 17.6. The topological polar surface area (TPSA) is 9.23 Å². The van der Waals surface area contributed by atoms with E-state index in [1.807, 2.05) is 0 Å². The minimum absolute atomic E-state index is 0.0217. The van der Waals surface area contributed by atoms with Gasteiger partial charge >= 0.3 is 0 Å². The number of halogens is 7. The second kappa shape index (κ2) is 12.2. The number of rotatable bonds is 9. The lowest BCUT2D eigenvalue weighted by Gasteiger charge is -2.29. The van der Waals surface area contributed by atoms with Gasteiger partial charge in [-0.2, -0.15) is 0 Å². The van der Waals surface area contributed by atoms with Crippen LogP contribution in [0.3, 0.4) is 0 Å². The standard InChI is InChI=1S/C30H29F7O/c1-2-3-4-5-18-10-26(35)30(27(36)11-18)38-16-17-6-8-19(9-7-17)20-12-22(31)28(23(32)13-20)21-14-24(33)29(37)25(34)15-21/h10-15,17,19H,2-9,16H2,1H3. The zero-order chi connectivity index (χ0) is 27.4. The molecule has 8 heteroatoms. The molecule has 3 aromatic carbocycles. The Labute approximate surface area is 217 Å². The summed E-state index contributed by atoms with van der Waals surface area (Å²) in [5, 5.41) is 0. The van der Waals surface area contributed by atoms with E-state index in [0.29, 0.717) is 55.4 Å². The van der Waals surface area contributed by atoms with Crippen molar-refractivity contribution in [3.8, 4) is 16.9 Å². The average molecular weight is 539 g/mol. The molecule has 38 heavy (non-hydrogen) atoms. The van der Waals surface area contributed by atoms with Gasteiger partial charge in [0.1, 0.15) is 11.6 Å². The highest BCUT2D eigenvalue weighted by atomic mass is 19.2. The summed E-state index contributed by atoms with van der Waals surface area (Å²) in [7, 11) is 0. The van der Waals surface area contributed by atoms with Crippen LogP contribution >= 0.6 is 0 Å². The Bertz CT molecular complexity index is 1210. The van der Waals surface area contributed by atoms with Crippen molar-refractivity contribution in [1.82, 2.24) is 0 Å². The Morgan fingerprint density at radius 1 is 0.684 bits per heavy atom. The molecule has 0 bridgehead atoms. The maximum atomic E-state index is 14.8. The summed E-state index contributed by atoms with van der Waals surface area (Å²) < 4.78 is 104. The minimum Gasteiger partial charge on any atom is -0.487 e. The van der Waals surface area contributed by atoms with Crippen LogP contribution in [-0.4, -0.2) is 6.61 Å². The molecule has 1 fully saturated rings. The molecule has 0 spiro atoms. The first kappa shape index (κ1) is 28.0. The van der Waals surface area contributed by atoms with Crippen LogP contribution in [0.1, 0.15) is 68.9 Å². The lowest BCUT2D eigenvalue weighted by Crippen LogP contribution is -2.20. The Morgan fingerprint density at radius 3 is 1.82 bits per heavy atom. The van der Waals surface area contributed by atoms with E-state index in [-0.39, 0.29) is 24.2 Å². The van der Waals surface area contributed by atoms with Crippen LogP contribution in [0.5, 0.6) is 5.75 Å². The molecule has 0 atom stereocenters. The zero-order valence-corrected chi connectivity index (χ0v) is 21.0. The molecular formula is C30H29F7O. The van der Waals surface area contributed by atoms with Gasteiger partial charge in [0.05, 0.1) is 12.2 Å². The molecule has 0 radical (unpaired) electrons. The Hall–Kier alpha value is -3.03. The fourth-order valence-corrected chi connectivity index (χ4v) is 5.14. The van der Waals surface area contributed by atoms with Gasteiger partial charge in [0, 0.05) is 0 Å². The van der Waals surface area contributed by atoms with Gasteiger partial charge < -0.3 is 4.74 Å². The monoisotopic (exact) mass is 538 g/mol. The summed E-state index contributed by atoms with van der Waals surface area (Å²) in [4.78, 5) is 0. The molecule has 204 valence electrons. The molecule has 1 aliphatic rings. The predicted octanol–water partition coefficient (Wildman–Crippen LogP) is 9.41. The summed E-state index contributed by atoms with van der Waals surface area (Å²) in [6, 6.07) is 5.99. The van der Waals surface area contributed by atoms with E-state index in [2.05, 4.69) is 6.92 Å². The van der Waals surface area contributed by atoms with Crippen LogP contribution < -0.4 is 4.74 Å². The summed E-state index contributed by atoms with van der Waals surface area (Å²) >= 11 is 0. The molecule has 0 unspecified atom stereocenters. The summed E-state index contributed by atoms with van der Waals surface area (Å²) in [5.41, 5.74) is -0.0604. The van der Waals surface area contributed by atoms with E-state index in [4.69, 9.17) is 4.74 Å². The molecule has 0 saturated heterocycles. The highest BCUT2D eigenvalue weighted by Gasteiger charge is 2.26. The minimum atomic E-state index is -1.71. The average Bonchev–Trinajstić information content (AvgIpc) is 2.87. The van der Waals surface area contributed by atoms with Crippen molar-refractivity contribution in [2.45, 2.75) is 64.2 Å². The van der Waals surface area contributed by atoms with Gasteiger partial charge in [-0.1, -0.05) is 19.8 Å². The molecular weight excluding hydrogens is 509 g/mol. The quantitative estimate of drug-likeness (QED) is 0.150. The SMILES string of the molecule is CCCCCc1cc(F)c(OCC2CCC(c3cc(F)c(-c4cc(F)c(F)c(F)c4)c(F)c3)CC2)c(F)c1. The second-order valence-corrected chi connectivity index (χ2v) is 9.99. The van der Waals surface area contributed by atoms with Gasteiger partial charge in [-0.15, -0.1) is 0 Å². The van der Waals surface area contributed by atoms with E-state index in [9.17, 15) is 30.7 Å². The van der Waals surface area contributed by atoms with Crippen molar-refractivity contribution < 1.29 is 35.5 Å². The Morgan fingerprint density at radius 2 is 1.26 bits per heavy atom. The van der Waals surface area contributed by atoms with Crippen LogP contribution in [0.25, 0.3) is 11.1 Å². The van der Waals surface area contributed by atoms with Gasteiger partial charge in [0.2, 0.25) is 0 Å². The van der Waals surface area contributed by atoms with Crippen LogP contribution in [-0.2, 0) is 6.42 Å². The van der Waals surface area contributed by atoms with Crippen molar-refractivity contribution in [3.05, 3.63) is 88.2 Å². The van der Waals surface area contributed by atoms with Gasteiger partial charge in [-0.05, 0) is 103 Å². The van der Waals surface area contributed by atoms with Crippen molar-refractivity contribution in [2.24, 2.45) is 5.92 Å². The fourth-order valence-electron chi connectivity index (χ4n) is 5.14. The molecule has 0 aliphatic heterocycles. The lowest BCUT2D eigenvalue weighted by atomic mass is 9.78. The maximum Gasteiger partial charge on any atom is 0.194 e. The van der Waals surface area contributed by atoms with Crippen LogP contribution in [0.2, 0.25) is 0 Å². The molecule has 0 N–H and O–H groups in total. The van der Waals surface area contributed by atoms with E-state index < -0.39 is 51.8 Å². The molecule has 1 aliphatic carbocycles. The number of hydrogen-bond donors (Lipinski definition) is 0. The number of benzene rings is 3.